The molecule has 0 bridgehead atoms. The quantitative estimate of drug-likeness (QED) is 0.628. The fourth-order valence-corrected chi connectivity index (χ4v) is 3.63. The summed E-state index contributed by atoms with van der Waals surface area (Å²) in [4.78, 5) is 9.01. The summed E-state index contributed by atoms with van der Waals surface area (Å²) in [5.74, 6) is 1.43. The van der Waals surface area contributed by atoms with Crippen LogP contribution >= 0.6 is 0 Å². The van der Waals surface area contributed by atoms with Crippen molar-refractivity contribution in [2.45, 2.75) is 33.2 Å². The van der Waals surface area contributed by atoms with E-state index >= 15 is 0 Å². The Hall–Kier alpha value is -2.19. The SMILES string of the molecule is CCS(=O)(=O)NCCCCn1c(C)nc2c(N)nc3ccccc3c21. The highest BCUT2D eigenvalue weighted by Gasteiger charge is 2.14. The van der Waals surface area contributed by atoms with E-state index in [4.69, 9.17) is 5.73 Å². The summed E-state index contributed by atoms with van der Waals surface area (Å²) in [7, 11) is -3.12. The number of para-hydroxylation sites is 1. The number of rotatable bonds is 7. The van der Waals surface area contributed by atoms with Crippen molar-refractivity contribution in [2.75, 3.05) is 18.0 Å². The molecular weight excluding hydrogens is 338 g/mol. The Morgan fingerprint density at radius 3 is 2.72 bits per heavy atom. The second kappa shape index (κ2) is 6.97. The van der Waals surface area contributed by atoms with Crippen molar-refractivity contribution in [3.05, 3.63) is 30.1 Å². The van der Waals surface area contributed by atoms with Gasteiger partial charge >= 0.3 is 0 Å². The lowest BCUT2D eigenvalue weighted by molar-refractivity contribution is 0.567. The van der Waals surface area contributed by atoms with Gasteiger partial charge in [0, 0.05) is 18.5 Å². The third-order valence-corrected chi connectivity index (χ3v) is 5.72. The lowest BCUT2D eigenvalue weighted by Crippen LogP contribution is -2.26. The van der Waals surface area contributed by atoms with Crippen LogP contribution in [0.3, 0.4) is 0 Å². The predicted molar refractivity (Wildman–Crippen MR) is 101 cm³/mol. The Morgan fingerprint density at radius 2 is 1.96 bits per heavy atom. The zero-order chi connectivity index (χ0) is 18.0. The summed E-state index contributed by atoms with van der Waals surface area (Å²) < 4.78 is 27.7. The van der Waals surface area contributed by atoms with Gasteiger partial charge in [-0.05, 0) is 32.8 Å². The molecule has 2 aromatic heterocycles. The van der Waals surface area contributed by atoms with E-state index in [1.165, 1.54) is 0 Å². The Bertz CT molecular complexity index is 1010. The molecule has 0 saturated heterocycles. The molecule has 2 heterocycles. The van der Waals surface area contributed by atoms with Crippen molar-refractivity contribution >= 4 is 37.8 Å². The molecule has 134 valence electrons. The zero-order valence-corrected chi connectivity index (χ0v) is 15.3. The molecule has 3 rings (SSSR count). The number of aryl methyl sites for hydroxylation is 2. The Kier molecular flexibility index (Phi) is 4.91. The van der Waals surface area contributed by atoms with Crippen LogP contribution in [0.15, 0.2) is 24.3 Å². The van der Waals surface area contributed by atoms with Gasteiger partial charge < -0.3 is 10.3 Å². The normalized spacial score (nSPS) is 12.2. The number of hydrogen-bond donors (Lipinski definition) is 2. The van der Waals surface area contributed by atoms with E-state index < -0.39 is 10.0 Å². The molecule has 7 nitrogen and oxygen atoms in total. The van der Waals surface area contributed by atoms with Crippen LogP contribution in [-0.2, 0) is 16.6 Å². The smallest absolute Gasteiger partial charge is 0.211 e. The highest BCUT2D eigenvalue weighted by atomic mass is 32.2. The first-order valence-corrected chi connectivity index (χ1v) is 10.1. The van der Waals surface area contributed by atoms with Crippen LogP contribution < -0.4 is 10.5 Å². The monoisotopic (exact) mass is 361 g/mol. The van der Waals surface area contributed by atoms with Crippen molar-refractivity contribution in [1.29, 1.82) is 0 Å². The second-order valence-electron chi connectivity index (χ2n) is 6.03. The van der Waals surface area contributed by atoms with E-state index in [0.29, 0.717) is 12.4 Å². The van der Waals surface area contributed by atoms with Crippen LogP contribution in [0.2, 0.25) is 0 Å². The van der Waals surface area contributed by atoms with Crippen molar-refractivity contribution in [3.63, 3.8) is 0 Å². The Balaban J connectivity index is 1.83. The number of anilines is 1. The van der Waals surface area contributed by atoms with E-state index in [9.17, 15) is 8.42 Å². The summed E-state index contributed by atoms with van der Waals surface area (Å²) in [6.07, 6.45) is 1.60. The minimum Gasteiger partial charge on any atom is -0.382 e. The fraction of sp³-hybridized carbons (Fsp3) is 0.412. The van der Waals surface area contributed by atoms with Crippen LogP contribution in [0.25, 0.3) is 21.9 Å². The van der Waals surface area contributed by atoms with Gasteiger partial charge in [0.05, 0.1) is 16.8 Å². The van der Waals surface area contributed by atoms with Gasteiger partial charge in [-0.15, -0.1) is 0 Å². The van der Waals surface area contributed by atoms with Crippen LogP contribution in [0.4, 0.5) is 5.82 Å². The third kappa shape index (κ3) is 3.59. The van der Waals surface area contributed by atoms with Gasteiger partial charge in [0.15, 0.2) is 5.82 Å². The molecule has 0 radical (unpaired) electrons. The molecule has 3 aromatic rings. The highest BCUT2D eigenvalue weighted by molar-refractivity contribution is 7.89. The van der Waals surface area contributed by atoms with Crippen molar-refractivity contribution in [1.82, 2.24) is 19.3 Å². The van der Waals surface area contributed by atoms with Gasteiger partial charge in [-0.25, -0.2) is 23.1 Å². The molecule has 0 atom stereocenters. The highest BCUT2D eigenvalue weighted by Crippen LogP contribution is 2.28. The van der Waals surface area contributed by atoms with E-state index in [1.807, 2.05) is 31.2 Å². The first-order chi connectivity index (χ1) is 11.9. The molecule has 0 fully saturated rings. The number of aromatic nitrogens is 3. The van der Waals surface area contributed by atoms with E-state index in [-0.39, 0.29) is 5.75 Å². The number of nitrogens with one attached hydrogen (secondary N) is 1. The number of benzene rings is 1. The summed E-state index contributed by atoms with van der Waals surface area (Å²) >= 11 is 0. The standard InChI is InChI=1S/C17H23N5O2S/c1-3-25(23,24)19-10-6-7-11-22-12(2)20-15-16(22)13-8-4-5-9-14(13)21-17(15)18/h4-5,8-9,19H,3,6-7,10-11H2,1-2H3,(H2,18,21). The van der Waals surface area contributed by atoms with Crippen molar-refractivity contribution in [2.24, 2.45) is 0 Å². The number of imidazole rings is 1. The Morgan fingerprint density at radius 1 is 1.20 bits per heavy atom. The molecule has 0 unspecified atom stereocenters. The third-order valence-electron chi connectivity index (χ3n) is 4.31. The first-order valence-electron chi connectivity index (χ1n) is 8.41. The van der Waals surface area contributed by atoms with Gasteiger partial charge in [0.25, 0.3) is 0 Å². The number of unbranched alkanes of at least 4 members (excludes halogenated alkanes) is 1. The number of fused-ring (bicyclic) bond motifs is 3. The maximum atomic E-state index is 11.5. The van der Waals surface area contributed by atoms with Gasteiger partial charge in [0.2, 0.25) is 10.0 Å². The van der Waals surface area contributed by atoms with E-state index in [0.717, 1.165) is 47.1 Å². The Labute approximate surface area is 147 Å². The van der Waals surface area contributed by atoms with Gasteiger partial charge in [-0.3, -0.25) is 0 Å². The number of nitrogen functional groups attached to an aromatic ring is 1. The lowest BCUT2D eigenvalue weighted by atomic mass is 10.2. The summed E-state index contributed by atoms with van der Waals surface area (Å²) in [5.41, 5.74) is 8.65. The summed E-state index contributed by atoms with van der Waals surface area (Å²) in [6, 6.07) is 7.88. The van der Waals surface area contributed by atoms with Crippen LogP contribution in [0.5, 0.6) is 0 Å². The topological polar surface area (TPSA) is 103 Å². The van der Waals surface area contributed by atoms with Crippen LogP contribution in [0.1, 0.15) is 25.6 Å². The summed E-state index contributed by atoms with van der Waals surface area (Å²) in [5, 5.41) is 1.03. The van der Waals surface area contributed by atoms with Crippen LogP contribution in [0, 0.1) is 6.92 Å². The summed E-state index contributed by atoms with van der Waals surface area (Å²) in [6.45, 7) is 4.79. The first kappa shape index (κ1) is 17.6. The number of nitrogens with zero attached hydrogens (tertiary/aromatic N) is 3. The van der Waals surface area contributed by atoms with Gasteiger partial charge in [0.1, 0.15) is 11.3 Å². The molecule has 0 aliphatic rings. The molecule has 0 aliphatic carbocycles. The molecule has 0 aliphatic heterocycles. The maximum absolute atomic E-state index is 11.5. The minimum absolute atomic E-state index is 0.108. The zero-order valence-electron chi connectivity index (χ0n) is 14.5. The second-order valence-corrected chi connectivity index (χ2v) is 8.12. The van der Waals surface area contributed by atoms with E-state index in [1.54, 1.807) is 6.92 Å². The molecule has 0 saturated carbocycles. The molecule has 8 heteroatoms. The molecule has 0 spiro atoms. The lowest BCUT2D eigenvalue weighted by Gasteiger charge is -2.10. The van der Waals surface area contributed by atoms with Crippen LogP contribution in [-0.4, -0.2) is 35.3 Å². The molecular formula is C17H23N5O2S. The number of hydrogen-bond acceptors (Lipinski definition) is 5. The number of sulfonamides is 1. The maximum Gasteiger partial charge on any atom is 0.211 e. The number of nitrogens with two attached hydrogens (primary N) is 1. The molecule has 3 N–H and O–H groups in total. The van der Waals surface area contributed by atoms with Crippen molar-refractivity contribution in [3.8, 4) is 0 Å². The molecule has 25 heavy (non-hydrogen) atoms. The molecule has 1 aromatic carbocycles. The minimum atomic E-state index is -3.12. The average molecular weight is 361 g/mol. The van der Waals surface area contributed by atoms with Crippen molar-refractivity contribution < 1.29 is 8.42 Å². The van der Waals surface area contributed by atoms with Gasteiger partial charge in [-0.2, -0.15) is 0 Å². The molecule has 0 amide bonds. The number of pyridine rings is 1. The largest absolute Gasteiger partial charge is 0.382 e. The van der Waals surface area contributed by atoms with E-state index in [2.05, 4.69) is 19.3 Å². The van der Waals surface area contributed by atoms with Gasteiger partial charge in [-0.1, -0.05) is 18.2 Å². The fourth-order valence-electron chi connectivity index (χ4n) is 2.97. The average Bonchev–Trinajstić information content (AvgIpc) is 2.92. The predicted octanol–water partition coefficient (Wildman–Crippen LogP) is 2.19.